The van der Waals surface area contributed by atoms with Crippen LogP contribution in [0.2, 0.25) is 0 Å². The van der Waals surface area contributed by atoms with E-state index < -0.39 is 7.69 Å². The largest absolute Gasteiger partial charge is 2.00 e. The first-order valence-corrected chi connectivity index (χ1v) is 0.577. The van der Waals surface area contributed by atoms with Crippen molar-refractivity contribution in [1.29, 1.82) is 0 Å². The average molecular weight is 107 g/mol. The Balaban J connectivity index is 0. The summed E-state index contributed by atoms with van der Waals surface area (Å²) in [6.07, 6.45) is 0. The van der Waals surface area contributed by atoms with Crippen molar-refractivity contribution in [2.24, 2.45) is 0 Å². The molecule has 0 aromatic rings. The molecule has 0 aliphatic carbocycles. The Kier molecular flexibility index (Phi) is 21.4. The predicted octanol–water partition coefficient (Wildman–Crippen LogP) is -3.03. The Morgan fingerprint density at radius 3 is 1.25 bits per heavy atom. The van der Waals surface area contributed by atoms with Crippen LogP contribution in [0.25, 0.3) is 0 Å². The Morgan fingerprint density at radius 2 is 1.25 bits per heavy atom. The van der Waals surface area contributed by atoms with E-state index in [9.17, 15) is 0 Å². The standard InChI is InChI=1S/BHO2.Cu/c2-1-3;/h1H;/q-2;+2. The van der Waals surface area contributed by atoms with E-state index >= 15 is 0 Å². The Bertz CT molecular complexity index is 6.00. The molecule has 2 nitrogen and oxygen atoms in total. The van der Waals surface area contributed by atoms with Crippen molar-refractivity contribution in [3.05, 3.63) is 0 Å². The zero-order chi connectivity index (χ0) is 2.71. The number of hydrogen-bond acceptors (Lipinski definition) is 2. The molecule has 0 spiro atoms. The molecule has 0 heterocycles. The Hall–Kier alpha value is 0.504. The second-order valence-electron chi connectivity index (χ2n) is 0.118. The van der Waals surface area contributed by atoms with Crippen LogP contribution in [-0.4, -0.2) is 7.69 Å². The first kappa shape index (κ1) is 8.82. The van der Waals surface area contributed by atoms with E-state index in [4.69, 9.17) is 10.0 Å². The van der Waals surface area contributed by atoms with Gasteiger partial charge < -0.3 is 10.0 Å². The molecule has 0 aliphatic heterocycles. The zero-order valence-electron chi connectivity index (χ0n) is 1.83. The van der Waals surface area contributed by atoms with E-state index in [-0.39, 0.29) is 17.1 Å². The van der Waals surface area contributed by atoms with Crippen molar-refractivity contribution in [1.82, 2.24) is 0 Å². The van der Waals surface area contributed by atoms with Crippen LogP contribution in [0.5, 0.6) is 0 Å². The minimum atomic E-state index is -1.25. The first-order chi connectivity index (χ1) is 1.41. The number of hydrogen-bond donors (Lipinski definition) is 0. The van der Waals surface area contributed by atoms with Crippen LogP contribution < -0.4 is 10.0 Å². The van der Waals surface area contributed by atoms with Gasteiger partial charge in [-0.3, -0.25) is 0 Å². The summed E-state index contributed by atoms with van der Waals surface area (Å²) in [5, 5.41) is 16.8. The molecule has 0 unspecified atom stereocenters. The van der Waals surface area contributed by atoms with Gasteiger partial charge in [0.1, 0.15) is 0 Å². The summed E-state index contributed by atoms with van der Waals surface area (Å²) in [6.45, 7) is 0. The maximum absolute atomic E-state index is 8.38. The van der Waals surface area contributed by atoms with Gasteiger partial charge >= 0.3 is 17.1 Å². The summed E-state index contributed by atoms with van der Waals surface area (Å²) in [7, 11) is -1.25. The van der Waals surface area contributed by atoms with E-state index in [1.54, 1.807) is 0 Å². The minimum absolute atomic E-state index is 0. The van der Waals surface area contributed by atoms with Gasteiger partial charge in [0.2, 0.25) is 0 Å². The molecule has 0 aromatic heterocycles. The molecule has 0 N–H and O–H groups in total. The molecular formula is HBCuO2. The van der Waals surface area contributed by atoms with Crippen LogP contribution in [0.1, 0.15) is 0 Å². The molecule has 0 atom stereocenters. The van der Waals surface area contributed by atoms with Crippen LogP contribution in [0.15, 0.2) is 0 Å². The van der Waals surface area contributed by atoms with Gasteiger partial charge in [-0.05, 0) is 0 Å². The molecular weight excluding hydrogens is 106 g/mol. The second-order valence-corrected chi connectivity index (χ2v) is 0.118. The van der Waals surface area contributed by atoms with Crippen LogP contribution in [0.4, 0.5) is 0 Å². The quantitative estimate of drug-likeness (QED) is 0.309. The van der Waals surface area contributed by atoms with Crippen molar-refractivity contribution in [3.63, 3.8) is 0 Å². The van der Waals surface area contributed by atoms with Crippen molar-refractivity contribution in [2.45, 2.75) is 0 Å². The van der Waals surface area contributed by atoms with E-state index in [1.807, 2.05) is 0 Å². The number of rotatable bonds is 0. The SMILES string of the molecule is [Cu+2].[O-]B[O-]. The molecule has 1 radical (unpaired) electrons. The maximum Gasteiger partial charge on any atom is 2.00 e. The normalized spacial score (nSPS) is 3.50. The molecule has 0 fully saturated rings. The van der Waals surface area contributed by atoms with Crippen molar-refractivity contribution in [2.75, 3.05) is 0 Å². The van der Waals surface area contributed by atoms with Gasteiger partial charge in [0, 0.05) is 0 Å². The Labute approximate surface area is 35.6 Å². The molecule has 0 aliphatic rings. The van der Waals surface area contributed by atoms with Crippen LogP contribution >= 0.6 is 0 Å². The molecule has 0 rings (SSSR count). The van der Waals surface area contributed by atoms with E-state index in [0.717, 1.165) is 0 Å². The second kappa shape index (κ2) is 9.71. The monoisotopic (exact) mass is 107 g/mol. The summed E-state index contributed by atoms with van der Waals surface area (Å²) in [4.78, 5) is 0. The molecule has 4 heavy (non-hydrogen) atoms. The van der Waals surface area contributed by atoms with Gasteiger partial charge in [0.15, 0.2) is 0 Å². The summed E-state index contributed by atoms with van der Waals surface area (Å²) in [6, 6.07) is 0. The first-order valence-electron chi connectivity index (χ1n) is 0.577. The average Bonchev–Trinajstić information content (AvgIpc) is 0.918. The van der Waals surface area contributed by atoms with Crippen LogP contribution in [0, 0.1) is 0 Å². The van der Waals surface area contributed by atoms with Gasteiger partial charge in [0.05, 0.1) is 0 Å². The molecule has 0 saturated heterocycles. The summed E-state index contributed by atoms with van der Waals surface area (Å²) in [5.41, 5.74) is 0. The molecule has 0 saturated carbocycles. The third-order valence-corrected chi connectivity index (χ3v) is 0. The van der Waals surface area contributed by atoms with Crippen molar-refractivity contribution in [3.8, 4) is 0 Å². The molecule has 0 bridgehead atoms. The van der Waals surface area contributed by atoms with E-state index in [0.29, 0.717) is 0 Å². The van der Waals surface area contributed by atoms with Crippen LogP contribution in [-0.2, 0) is 17.1 Å². The zero-order valence-corrected chi connectivity index (χ0v) is 2.77. The summed E-state index contributed by atoms with van der Waals surface area (Å²) < 4.78 is 0. The predicted molar refractivity (Wildman–Crippen MR) is 7.15 cm³/mol. The van der Waals surface area contributed by atoms with Gasteiger partial charge in [-0.2, -0.15) is 0 Å². The summed E-state index contributed by atoms with van der Waals surface area (Å²) >= 11 is 0. The fraction of sp³-hybridized carbons (Fsp3) is 0. The van der Waals surface area contributed by atoms with Gasteiger partial charge in [0.25, 0.3) is 0 Å². The van der Waals surface area contributed by atoms with E-state index in [1.165, 1.54) is 0 Å². The molecule has 27 valence electrons. The Morgan fingerprint density at radius 1 is 1.25 bits per heavy atom. The smallest absolute Gasteiger partial charge is 0.896 e. The third-order valence-electron chi connectivity index (χ3n) is 0. The fourth-order valence-corrected chi connectivity index (χ4v) is 0. The fourth-order valence-electron chi connectivity index (χ4n) is 0. The van der Waals surface area contributed by atoms with Crippen molar-refractivity contribution >= 4 is 7.69 Å². The summed E-state index contributed by atoms with van der Waals surface area (Å²) in [5.74, 6) is 0. The van der Waals surface area contributed by atoms with Crippen molar-refractivity contribution < 1.29 is 27.1 Å². The maximum atomic E-state index is 8.38. The van der Waals surface area contributed by atoms with Gasteiger partial charge in [-0.25, -0.2) is 0 Å². The van der Waals surface area contributed by atoms with E-state index in [2.05, 4.69) is 0 Å². The third kappa shape index (κ3) is 22.3. The minimum Gasteiger partial charge on any atom is -0.896 e. The van der Waals surface area contributed by atoms with Gasteiger partial charge in [-0.15, -0.1) is 7.69 Å². The van der Waals surface area contributed by atoms with Gasteiger partial charge in [-0.1, -0.05) is 0 Å². The molecule has 0 amide bonds. The molecule has 4 heteroatoms. The topological polar surface area (TPSA) is 46.1 Å². The van der Waals surface area contributed by atoms with Crippen LogP contribution in [0.3, 0.4) is 0 Å². The molecule has 0 aromatic carbocycles.